The second-order valence-corrected chi connectivity index (χ2v) is 5.26. The minimum Gasteiger partial charge on any atom is -0.480 e. The third-order valence-corrected chi connectivity index (χ3v) is 3.93. The largest absolute Gasteiger partial charge is 0.480 e. The summed E-state index contributed by atoms with van der Waals surface area (Å²) in [5.41, 5.74) is 8.96. The van der Waals surface area contributed by atoms with Crippen LogP contribution in [0.3, 0.4) is 0 Å². The summed E-state index contributed by atoms with van der Waals surface area (Å²) >= 11 is 0. The van der Waals surface area contributed by atoms with E-state index in [4.69, 9.17) is 10.8 Å². The first-order valence-corrected chi connectivity index (χ1v) is 7.10. The van der Waals surface area contributed by atoms with Crippen LogP contribution >= 0.6 is 0 Å². The molecule has 0 aliphatic carbocycles. The van der Waals surface area contributed by atoms with Gasteiger partial charge in [-0.3, -0.25) is 4.79 Å². The van der Waals surface area contributed by atoms with Crippen molar-refractivity contribution < 1.29 is 9.90 Å². The van der Waals surface area contributed by atoms with Crippen LogP contribution in [-0.2, 0) is 17.8 Å². The predicted molar refractivity (Wildman–Crippen MR) is 84.4 cm³/mol. The summed E-state index contributed by atoms with van der Waals surface area (Å²) in [5.74, 6) is -0.967. The Labute approximate surface area is 122 Å². The van der Waals surface area contributed by atoms with Crippen LogP contribution in [0, 0.1) is 0 Å². The highest BCUT2D eigenvalue weighted by Crippen LogP contribution is 2.29. The Kier molecular flexibility index (Phi) is 3.39. The van der Waals surface area contributed by atoms with Crippen molar-refractivity contribution in [2.75, 3.05) is 0 Å². The number of carboxylic acids is 1. The van der Waals surface area contributed by atoms with Crippen molar-refractivity contribution in [1.82, 2.24) is 4.57 Å². The molecule has 1 unspecified atom stereocenters. The molecule has 1 heterocycles. The van der Waals surface area contributed by atoms with E-state index in [-0.39, 0.29) is 0 Å². The van der Waals surface area contributed by atoms with Gasteiger partial charge in [-0.2, -0.15) is 0 Å². The molecule has 0 saturated carbocycles. The van der Waals surface area contributed by atoms with Crippen molar-refractivity contribution >= 4 is 27.8 Å². The number of fused-ring (bicyclic) bond motifs is 3. The van der Waals surface area contributed by atoms with E-state index < -0.39 is 12.0 Å². The van der Waals surface area contributed by atoms with Crippen LogP contribution in [0.1, 0.15) is 12.5 Å². The molecule has 0 bridgehead atoms. The normalized spacial score (nSPS) is 12.9. The number of carboxylic acid groups (broad SMARTS) is 1. The molecule has 3 aromatic rings. The highest BCUT2D eigenvalue weighted by molar-refractivity contribution is 6.08. The van der Waals surface area contributed by atoms with Gasteiger partial charge >= 0.3 is 5.97 Å². The van der Waals surface area contributed by atoms with Crippen LogP contribution in [0.4, 0.5) is 0 Å². The Morgan fingerprint density at radius 2 is 1.90 bits per heavy atom. The van der Waals surface area contributed by atoms with E-state index >= 15 is 0 Å². The van der Waals surface area contributed by atoms with Crippen molar-refractivity contribution in [2.45, 2.75) is 25.9 Å². The van der Waals surface area contributed by atoms with Gasteiger partial charge in [-0.1, -0.05) is 24.3 Å². The van der Waals surface area contributed by atoms with Crippen LogP contribution in [0.15, 0.2) is 42.5 Å². The van der Waals surface area contributed by atoms with E-state index in [0.717, 1.165) is 17.5 Å². The summed E-state index contributed by atoms with van der Waals surface area (Å²) in [7, 11) is 0. The Morgan fingerprint density at radius 1 is 1.19 bits per heavy atom. The number of aryl methyl sites for hydroxylation is 1. The van der Waals surface area contributed by atoms with Gasteiger partial charge in [0.25, 0.3) is 0 Å². The van der Waals surface area contributed by atoms with Gasteiger partial charge in [0.1, 0.15) is 6.04 Å². The lowest BCUT2D eigenvalue weighted by atomic mass is 10.0. The van der Waals surface area contributed by atoms with E-state index in [9.17, 15) is 4.79 Å². The van der Waals surface area contributed by atoms with Gasteiger partial charge < -0.3 is 15.4 Å². The van der Waals surface area contributed by atoms with Gasteiger partial charge in [0.15, 0.2) is 0 Å². The number of carbonyl (C=O) groups is 1. The van der Waals surface area contributed by atoms with Crippen molar-refractivity contribution in [2.24, 2.45) is 5.73 Å². The minimum absolute atomic E-state index is 0.344. The first kappa shape index (κ1) is 13.6. The fraction of sp³-hybridized carbons (Fsp3) is 0.235. The lowest BCUT2D eigenvalue weighted by molar-refractivity contribution is -0.138. The molecule has 0 aliphatic rings. The molecule has 0 spiro atoms. The third-order valence-electron chi connectivity index (χ3n) is 3.93. The topological polar surface area (TPSA) is 68.2 Å². The summed E-state index contributed by atoms with van der Waals surface area (Å²) in [6, 6.07) is 13.5. The van der Waals surface area contributed by atoms with Crippen LogP contribution in [0.25, 0.3) is 21.8 Å². The molecular formula is C17H18N2O2. The lowest BCUT2D eigenvalue weighted by Gasteiger charge is -2.07. The van der Waals surface area contributed by atoms with Gasteiger partial charge in [0.2, 0.25) is 0 Å². The molecule has 0 saturated heterocycles. The molecule has 108 valence electrons. The first-order chi connectivity index (χ1) is 10.1. The molecule has 2 aromatic carbocycles. The number of hydrogen-bond acceptors (Lipinski definition) is 2. The average Bonchev–Trinajstić information content (AvgIpc) is 2.80. The van der Waals surface area contributed by atoms with E-state index in [1.54, 1.807) is 0 Å². The van der Waals surface area contributed by atoms with Crippen LogP contribution in [-0.4, -0.2) is 21.7 Å². The zero-order chi connectivity index (χ0) is 15.0. The fourth-order valence-electron chi connectivity index (χ4n) is 2.91. The quantitative estimate of drug-likeness (QED) is 0.773. The molecule has 4 heteroatoms. The molecule has 0 amide bonds. The van der Waals surface area contributed by atoms with Crippen molar-refractivity contribution in [3.8, 4) is 0 Å². The molecule has 0 aliphatic heterocycles. The maximum Gasteiger partial charge on any atom is 0.320 e. The van der Waals surface area contributed by atoms with E-state index in [1.807, 2.05) is 18.2 Å². The SMILES string of the molecule is CCn1c2ccccc2c2cc(CC(N)C(=O)O)ccc21. The monoisotopic (exact) mass is 282 g/mol. The van der Waals surface area contributed by atoms with Crippen LogP contribution in [0.2, 0.25) is 0 Å². The van der Waals surface area contributed by atoms with E-state index in [2.05, 4.69) is 35.8 Å². The molecule has 21 heavy (non-hydrogen) atoms. The van der Waals surface area contributed by atoms with Crippen LogP contribution < -0.4 is 5.73 Å². The number of aliphatic carboxylic acids is 1. The van der Waals surface area contributed by atoms with E-state index in [0.29, 0.717) is 6.42 Å². The van der Waals surface area contributed by atoms with Gasteiger partial charge in [-0.25, -0.2) is 0 Å². The summed E-state index contributed by atoms with van der Waals surface area (Å²) < 4.78 is 2.27. The summed E-state index contributed by atoms with van der Waals surface area (Å²) in [4.78, 5) is 10.9. The van der Waals surface area contributed by atoms with Gasteiger partial charge in [-0.15, -0.1) is 0 Å². The highest BCUT2D eigenvalue weighted by Gasteiger charge is 2.14. The highest BCUT2D eigenvalue weighted by atomic mass is 16.4. The Balaban J connectivity index is 2.17. The molecule has 4 nitrogen and oxygen atoms in total. The summed E-state index contributed by atoms with van der Waals surface area (Å²) in [6.07, 6.45) is 0.344. The molecular weight excluding hydrogens is 264 g/mol. The number of aromatic nitrogens is 1. The summed E-state index contributed by atoms with van der Waals surface area (Å²) in [5, 5.41) is 11.3. The standard InChI is InChI=1S/C17H18N2O2/c1-2-19-15-6-4-3-5-12(15)13-9-11(7-8-16(13)19)10-14(18)17(20)21/h3-9,14H,2,10,18H2,1H3,(H,20,21). The number of rotatable bonds is 4. The Morgan fingerprint density at radius 3 is 2.62 bits per heavy atom. The molecule has 0 fully saturated rings. The molecule has 1 atom stereocenters. The van der Waals surface area contributed by atoms with Crippen molar-refractivity contribution in [3.05, 3.63) is 48.0 Å². The first-order valence-electron chi connectivity index (χ1n) is 7.10. The van der Waals surface area contributed by atoms with Gasteiger partial charge in [0.05, 0.1) is 0 Å². The second kappa shape index (κ2) is 5.22. The van der Waals surface area contributed by atoms with Crippen LogP contribution in [0.5, 0.6) is 0 Å². The second-order valence-electron chi connectivity index (χ2n) is 5.26. The molecule has 3 rings (SSSR count). The van der Waals surface area contributed by atoms with Gasteiger partial charge in [0, 0.05) is 28.4 Å². The average molecular weight is 282 g/mol. The number of para-hydroxylation sites is 1. The Bertz CT molecular complexity index is 820. The maximum atomic E-state index is 10.9. The zero-order valence-corrected chi connectivity index (χ0v) is 11.9. The fourth-order valence-corrected chi connectivity index (χ4v) is 2.91. The van der Waals surface area contributed by atoms with Crippen molar-refractivity contribution in [1.29, 1.82) is 0 Å². The summed E-state index contributed by atoms with van der Waals surface area (Å²) in [6.45, 7) is 3.03. The van der Waals surface area contributed by atoms with Crippen molar-refractivity contribution in [3.63, 3.8) is 0 Å². The minimum atomic E-state index is -0.967. The zero-order valence-electron chi connectivity index (χ0n) is 11.9. The smallest absolute Gasteiger partial charge is 0.320 e. The lowest BCUT2D eigenvalue weighted by Crippen LogP contribution is -2.32. The third kappa shape index (κ3) is 2.28. The number of nitrogens with two attached hydrogens (primary N) is 1. The molecule has 0 radical (unpaired) electrons. The molecule has 1 aromatic heterocycles. The number of hydrogen-bond donors (Lipinski definition) is 2. The number of nitrogens with zero attached hydrogens (tertiary/aromatic N) is 1. The van der Waals surface area contributed by atoms with Gasteiger partial charge in [-0.05, 0) is 37.1 Å². The maximum absolute atomic E-state index is 10.9. The molecule has 3 N–H and O–H groups in total. The Hall–Kier alpha value is -2.33. The predicted octanol–water partition coefficient (Wildman–Crippen LogP) is 2.77. The van der Waals surface area contributed by atoms with E-state index in [1.165, 1.54) is 16.4 Å². The number of benzene rings is 2.